The van der Waals surface area contributed by atoms with Crippen LogP contribution in [0.2, 0.25) is 0 Å². The van der Waals surface area contributed by atoms with Gasteiger partial charge in [0.05, 0.1) is 35.0 Å². The number of para-hydroxylation sites is 2. The average Bonchev–Trinajstić information content (AvgIpc) is 3.61. The van der Waals surface area contributed by atoms with Crippen molar-refractivity contribution in [1.29, 1.82) is 0 Å². The number of hydrogen-bond donors (Lipinski definition) is 0. The van der Waals surface area contributed by atoms with Crippen molar-refractivity contribution in [1.82, 2.24) is 19.7 Å². The Morgan fingerprint density at radius 2 is 1.79 bits per heavy atom. The van der Waals surface area contributed by atoms with Crippen molar-refractivity contribution in [3.05, 3.63) is 47.3 Å². The van der Waals surface area contributed by atoms with Gasteiger partial charge < -0.3 is 14.5 Å². The number of hydrogen-bond acceptors (Lipinski definition) is 5. The van der Waals surface area contributed by atoms with E-state index in [2.05, 4.69) is 31.7 Å². The summed E-state index contributed by atoms with van der Waals surface area (Å²) in [5.74, 6) is 1.42. The molecule has 0 spiro atoms. The molecule has 0 bridgehead atoms. The summed E-state index contributed by atoms with van der Waals surface area (Å²) in [6.45, 7) is 11.3. The first-order valence-electron chi connectivity index (χ1n) is 11.9. The van der Waals surface area contributed by atoms with Gasteiger partial charge in [-0.15, -0.1) is 0 Å². The Morgan fingerprint density at radius 1 is 1.09 bits per heavy atom. The van der Waals surface area contributed by atoms with Crippen LogP contribution in [-0.4, -0.2) is 58.9 Å². The van der Waals surface area contributed by atoms with E-state index in [-0.39, 0.29) is 11.4 Å². The summed E-state index contributed by atoms with van der Waals surface area (Å²) in [6, 6.07) is 10.1. The number of aromatic nitrogens is 3. The largest absolute Gasteiger partial charge is 0.495 e. The maximum absolute atomic E-state index is 13.8. The highest BCUT2D eigenvalue weighted by Crippen LogP contribution is 2.41. The van der Waals surface area contributed by atoms with Crippen molar-refractivity contribution in [3.63, 3.8) is 0 Å². The predicted octanol–water partition coefficient (Wildman–Crippen LogP) is 4.34. The van der Waals surface area contributed by atoms with E-state index in [0.29, 0.717) is 19.0 Å². The van der Waals surface area contributed by atoms with Crippen LogP contribution in [0.15, 0.2) is 30.3 Å². The molecule has 0 unspecified atom stereocenters. The van der Waals surface area contributed by atoms with E-state index in [1.165, 1.54) is 0 Å². The fourth-order valence-corrected chi connectivity index (χ4v) is 4.74. The topological polar surface area (TPSA) is 63.5 Å². The minimum Gasteiger partial charge on any atom is -0.495 e. The standard InChI is InChI=1S/C26H33N5O2/c1-17-23-19(16-20(18-10-11-18)27-24(23)31(28-17)26(2,3)4)25(32)30-14-12-29(13-15-30)21-8-6-7-9-22(21)33-5/h6-9,16,18H,10-15H2,1-5H3. The molecule has 174 valence electrons. The SMILES string of the molecule is COc1ccccc1N1CCN(C(=O)c2cc(C3CC3)nc3c2c(C)nn3C(C)(C)C)CC1. The molecule has 2 fully saturated rings. The number of carbonyl (C=O) groups is 1. The zero-order valence-electron chi connectivity index (χ0n) is 20.3. The normalized spacial score (nSPS) is 17.0. The van der Waals surface area contributed by atoms with Crippen molar-refractivity contribution < 1.29 is 9.53 Å². The molecular formula is C26H33N5O2. The summed E-state index contributed by atoms with van der Waals surface area (Å²) < 4.78 is 7.52. The molecule has 33 heavy (non-hydrogen) atoms. The number of amides is 1. The molecule has 1 aliphatic heterocycles. The number of methoxy groups -OCH3 is 1. The highest BCUT2D eigenvalue weighted by Gasteiger charge is 2.32. The van der Waals surface area contributed by atoms with Crippen LogP contribution in [0.3, 0.4) is 0 Å². The van der Waals surface area contributed by atoms with Crippen LogP contribution >= 0.6 is 0 Å². The number of pyridine rings is 1. The molecule has 0 atom stereocenters. The zero-order chi connectivity index (χ0) is 23.3. The summed E-state index contributed by atoms with van der Waals surface area (Å²) >= 11 is 0. The monoisotopic (exact) mass is 447 g/mol. The van der Waals surface area contributed by atoms with Gasteiger partial charge in [-0.05, 0) is 58.7 Å². The summed E-state index contributed by atoms with van der Waals surface area (Å²) in [5, 5.41) is 5.70. The lowest BCUT2D eigenvalue weighted by Gasteiger charge is -2.36. The second-order valence-corrected chi connectivity index (χ2v) is 10.2. The van der Waals surface area contributed by atoms with Gasteiger partial charge in [0, 0.05) is 37.8 Å². The maximum atomic E-state index is 13.8. The molecule has 1 amide bonds. The van der Waals surface area contributed by atoms with E-state index in [9.17, 15) is 4.79 Å². The van der Waals surface area contributed by atoms with E-state index in [1.54, 1.807) is 7.11 Å². The Morgan fingerprint density at radius 3 is 2.42 bits per heavy atom. The number of aryl methyl sites for hydroxylation is 1. The molecule has 5 rings (SSSR count). The van der Waals surface area contributed by atoms with Gasteiger partial charge >= 0.3 is 0 Å². The molecule has 3 aromatic rings. The number of piperazine rings is 1. The van der Waals surface area contributed by atoms with Gasteiger partial charge in [-0.3, -0.25) is 4.79 Å². The zero-order valence-corrected chi connectivity index (χ0v) is 20.3. The number of fused-ring (bicyclic) bond motifs is 1. The molecular weight excluding hydrogens is 414 g/mol. The van der Waals surface area contributed by atoms with Crippen LogP contribution < -0.4 is 9.64 Å². The van der Waals surface area contributed by atoms with Crippen LogP contribution in [0.4, 0.5) is 5.69 Å². The average molecular weight is 448 g/mol. The molecule has 7 heteroatoms. The Kier molecular flexibility index (Phi) is 5.30. The van der Waals surface area contributed by atoms with Crippen molar-refractivity contribution in [2.24, 2.45) is 0 Å². The maximum Gasteiger partial charge on any atom is 0.254 e. The van der Waals surface area contributed by atoms with E-state index in [4.69, 9.17) is 14.8 Å². The first kappa shape index (κ1) is 21.7. The molecule has 0 radical (unpaired) electrons. The molecule has 2 aromatic heterocycles. The Bertz CT molecular complexity index is 1200. The van der Waals surface area contributed by atoms with Gasteiger partial charge in [-0.1, -0.05) is 12.1 Å². The summed E-state index contributed by atoms with van der Waals surface area (Å²) in [6.07, 6.45) is 2.29. The van der Waals surface area contributed by atoms with E-state index < -0.39 is 0 Å². The van der Waals surface area contributed by atoms with Crippen LogP contribution in [0.5, 0.6) is 5.75 Å². The first-order chi connectivity index (χ1) is 15.8. The number of rotatable bonds is 4. The van der Waals surface area contributed by atoms with Gasteiger partial charge in [-0.25, -0.2) is 9.67 Å². The van der Waals surface area contributed by atoms with Gasteiger partial charge in [0.2, 0.25) is 0 Å². The van der Waals surface area contributed by atoms with Crippen molar-refractivity contribution in [3.8, 4) is 5.75 Å². The Labute approximate surface area is 195 Å². The number of anilines is 1. The van der Waals surface area contributed by atoms with Crippen LogP contribution in [-0.2, 0) is 5.54 Å². The third-order valence-electron chi connectivity index (χ3n) is 6.69. The second-order valence-electron chi connectivity index (χ2n) is 10.2. The Balaban J connectivity index is 1.46. The smallest absolute Gasteiger partial charge is 0.254 e. The minimum atomic E-state index is -0.206. The third kappa shape index (κ3) is 3.94. The second kappa shape index (κ2) is 8.04. The molecule has 0 N–H and O–H groups in total. The van der Waals surface area contributed by atoms with E-state index in [0.717, 1.165) is 65.4 Å². The molecule has 3 heterocycles. The quantitative estimate of drug-likeness (QED) is 0.595. The molecule has 1 aliphatic carbocycles. The molecule has 7 nitrogen and oxygen atoms in total. The van der Waals surface area contributed by atoms with E-state index >= 15 is 0 Å². The van der Waals surface area contributed by atoms with Crippen molar-refractivity contribution in [2.75, 3.05) is 38.2 Å². The van der Waals surface area contributed by atoms with E-state index in [1.807, 2.05) is 40.8 Å². The summed E-state index contributed by atoms with van der Waals surface area (Å²) in [7, 11) is 1.70. The molecule has 1 saturated carbocycles. The van der Waals surface area contributed by atoms with Gasteiger partial charge in [0.15, 0.2) is 5.65 Å². The minimum absolute atomic E-state index is 0.0838. The first-order valence-corrected chi connectivity index (χ1v) is 11.9. The lowest BCUT2D eigenvalue weighted by atomic mass is 10.0. The summed E-state index contributed by atoms with van der Waals surface area (Å²) in [4.78, 5) is 23.1. The molecule has 1 aromatic carbocycles. The predicted molar refractivity (Wildman–Crippen MR) is 130 cm³/mol. The Hall–Kier alpha value is -3.09. The lowest BCUT2D eigenvalue weighted by molar-refractivity contribution is 0.0748. The fourth-order valence-electron chi connectivity index (χ4n) is 4.74. The van der Waals surface area contributed by atoms with Gasteiger partial charge in [0.1, 0.15) is 5.75 Å². The highest BCUT2D eigenvalue weighted by atomic mass is 16.5. The van der Waals surface area contributed by atoms with Gasteiger partial charge in [-0.2, -0.15) is 5.10 Å². The number of benzene rings is 1. The number of nitrogens with zero attached hydrogens (tertiary/aromatic N) is 5. The van der Waals surface area contributed by atoms with Crippen molar-refractivity contribution >= 4 is 22.6 Å². The van der Waals surface area contributed by atoms with Crippen LogP contribution in [0.25, 0.3) is 11.0 Å². The number of ether oxygens (including phenoxy) is 1. The lowest BCUT2D eigenvalue weighted by Crippen LogP contribution is -2.49. The van der Waals surface area contributed by atoms with Crippen molar-refractivity contribution in [2.45, 2.75) is 52.0 Å². The van der Waals surface area contributed by atoms with Crippen LogP contribution in [0, 0.1) is 6.92 Å². The molecule has 1 saturated heterocycles. The van der Waals surface area contributed by atoms with Crippen LogP contribution in [0.1, 0.15) is 61.3 Å². The van der Waals surface area contributed by atoms with Gasteiger partial charge in [0.25, 0.3) is 5.91 Å². The highest BCUT2D eigenvalue weighted by molar-refractivity contribution is 6.06. The summed E-state index contributed by atoms with van der Waals surface area (Å²) in [5.41, 5.74) is 4.36. The molecule has 2 aliphatic rings. The number of carbonyl (C=O) groups excluding carboxylic acids is 1. The third-order valence-corrected chi connectivity index (χ3v) is 6.69. The fraction of sp³-hybridized carbons (Fsp3) is 0.500.